The monoisotopic (exact) mass is 354 g/mol. The van der Waals surface area contributed by atoms with E-state index in [4.69, 9.17) is 4.74 Å². The number of anilines is 1. The summed E-state index contributed by atoms with van der Waals surface area (Å²) in [7, 11) is -3.57. The number of rotatable bonds is 7. The molecule has 0 aliphatic heterocycles. The van der Waals surface area contributed by atoms with Crippen LogP contribution < -0.4 is 10.0 Å². The third-order valence-electron chi connectivity index (χ3n) is 3.40. The van der Waals surface area contributed by atoms with E-state index in [9.17, 15) is 18.0 Å². The SMILES string of the molecule is CC(C)NS(=O)(=O)c1ccc(NC(=O)[C@@H](C)OC(=O)C2CC2)cc1. The fourth-order valence-electron chi connectivity index (χ4n) is 1.98. The summed E-state index contributed by atoms with van der Waals surface area (Å²) in [4.78, 5) is 23.7. The third-order valence-corrected chi connectivity index (χ3v) is 5.07. The van der Waals surface area contributed by atoms with E-state index in [1.807, 2.05) is 0 Å². The van der Waals surface area contributed by atoms with Crippen molar-refractivity contribution in [2.45, 2.75) is 50.7 Å². The van der Waals surface area contributed by atoms with E-state index in [-0.39, 0.29) is 22.8 Å². The van der Waals surface area contributed by atoms with Crippen molar-refractivity contribution < 1.29 is 22.7 Å². The van der Waals surface area contributed by atoms with Crippen molar-refractivity contribution in [3.05, 3.63) is 24.3 Å². The van der Waals surface area contributed by atoms with Gasteiger partial charge in [-0.15, -0.1) is 0 Å². The summed E-state index contributed by atoms with van der Waals surface area (Å²) in [6.07, 6.45) is 0.727. The average molecular weight is 354 g/mol. The van der Waals surface area contributed by atoms with Gasteiger partial charge >= 0.3 is 5.97 Å². The quantitative estimate of drug-likeness (QED) is 0.725. The molecule has 1 aliphatic carbocycles. The second-order valence-corrected chi connectivity index (χ2v) is 7.86. The van der Waals surface area contributed by atoms with Crippen LogP contribution in [0.25, 0.3) is 0 Å². The number of hydrogen-bond acceptors (Lipinski definition) is 5. The Bertz CT molecular complexity index is 708. The molecule has 0 saturated heterocycles. The number of esters is 1. The van der Waals surface area contributed by atoms with Gasteiger partial charge in [-0.05, 0) is 57.9 Å². The van der Waals surface area contributed by atoms with E-state index in [0.717, 1.165) is 12.8 Å². The molecule has 24 heavy (non-hydrogen) atoms. The normalized spacial score (nSPS) is 15.8. The van der Waals surface area contributed by atoms with Gasteiger partial charge in [-0.25, -0.2) is 13.1 Å². The van der Waals surface area contributed by atoms with Crippen molar-refractivity contribution in [2.24, 2.45) is 5.92 Å². The Balaban J connectivity index is 1.95. The molecule has 0 bridgehead atoms. The minimum Gasteiger partial charge on any atom is -0.452 e. The number of amides is 1. The Kier molecular flexibility index (Phi) is 5.61. The molecule has 0 heterocycles. The average Bonchev–Trinajstić information content (AvgIpc) is 3.31. The van der Waals surface area contributed by atoms with E-state index < -0.39 is 22.0 Å². The molecule has 132 valence electrons. The van der Waals surface area contributed by atoms with Crippen molar-refractivity contribution in [2.75, 3.05) is 5.32 Å². The van der Waals surface area contributed by atoms with Crippen LogP contribution in [0.1, 0.15) is 33.6 Å². The lowest BCUT2D eigenvalue weighted by molar-refractivity contribution is -0.154. The molecule has 1 aromatic rings. The maximum atomic E-state index is 12.0. The smallest absolute Gasteiger partial charge is 0.309 e. The molecule has 1 atom stereocenters. The highest BCUT2D eigenvalue weighted by Crippen LogP contribution is 2.30. The van der Waals surface area contributed by atoms with Crippen molar-refractivity contribution in [1.29, 1.82) is 0 Å². The van der Waals surface area contributed by atoms with Crippen molar-refractivity contribution in [3.8, 4) is 0 Å². The predicted molar refractivity (Wildman–Crippen MR) is 88.8 cm³/mol. The van der Waals surface area contributed by atoms with Crippen LogP contribution in [0.3, 0.4) is 0 Å². The zero-order chi connectivity index (χ0) is 17.9. The number of carbonyl (C=O) groups excluding carboxylic acids is 2. The highest BCUT2D eigenvalue weighted by Gasteiger charge is 2.33. The second-order valence-electron chi connectivity index (χ2n) is 6.14. The number of sulfonamides is 1. The second kappa shape index (κ2) is 7.31. The standard InChI is InChI=1S/C16H22N2O5S/c1-10(2)18-24(21,22)14-8-6-13(7-9-14)17-15(19)11(3)23-16(20)12-4-5-12/h6-12,18H,4-5H2,1-3H3,(H,17,19)/t11-/m1/s1. The molecule has 0 spiro atoms. The van der Waals surface area contributed by atoms with Gasteiger partial charge in [0.05, 0.1) is 10.8 Å². The maximum absolute atomic E-state index is 12.0. The molecule has 0 aromatic heterocycles. The fourth-order valence-corrected chi connectivity index (χ4v) is 3.23. The number of benzene rings is 1. The molecular formula is C16H22N2O5S. The van der Waals surface area contributed by atoms with Crippen molar-refractivity contribution in [3.63, 3.8) is 0 Å². The van der Waals surface area contributed by atoms with Crippen LogP contribution in [-0.4, -0.2) is 32.4 Å². The molecule has 1 aliphatic rings. The molecule has 2 rings (SSSR count). The maximum Gasteiger partial charge on any atom is 0.309 e. The molecule has 1 amide bonds. The lowest BCUT2D eigenvalue weighted by Crippen LogP contribution is -2.31. The van der Waals surface area contributed by atoms with Gasteiger partial charge in [-0.1, -0.05) is 0 Å². The summed E-state index contributed by atoms with van der Waals surface area (Å²) in [5.74, 6) is -0.878. The van der Waals surface area contributed by atoms with Gasteiger partial charge in [0, 0.05) is 11.7 Å². The van der Waals surface area contributed by atoms with Crippen molar-refractivity contribution in [1.82, 2.24) is 4.72 Å². The lowest BCUT2D eigenvalue weighted by Gasteiger charge is -2.14. The zero-order valence-electron chi connectivity index (χ0n) is 13.9. The highest BCUT2D eigenvalue weighted by molar-refractivity contribution is 7.89. The summed E-state index contributed by atoms with van der Waals surface area (Å²) in [6.45, 7) is 4.97. The molecule has 8 heteroatoms. The van der Waals surface area contributed by atoms with Crippen LogP contribution in [0.5, 0.6) is 0 Å². The Hall–Kier alpha value is -1.93. The Morgan fingerprint density at radius 1 is 1.12 bits per heavy atom. The van der Waals surface area contributed by atoms with E-state index in [1.54, 1.807) is 13.8 Å². The van der Waals surface area contributed by atoms with Crippen LogP contribution in [0, 0.1) is 5.92 Å². The van der Waals surface area contributed by atoms with Crippen LogP contribution >= 0.6 is 0 Å². The summed E-state index contributed by atoms with van der Waals surface area (Å²) < 4.78 is 31.6. The largest absolute Gasteiger partial charge is 0.452 e. The minimum absolute atomic E-state index is 0.0711. The van der Waals surface area contributed by atoms with Crippen LogP contribution in [0.4, 0.5) is 5.69 Å². The van der Waals surface area contributed by atoms with Gasteiger partial charge in [-0.3, -0.25) is 9.59 Å². The van der Waals surface area contributed by atoms with Gasteiger partial charge in [0.2, 0.25) is 10.0 Å². The molecule has 1 saturated carbocycles. The number of hydrogen-bond donors (Lipinski definition) is 2. The lowest BCUT2D eigenvalue weighted by atomic mass is 10.3. The van der Waals surface area contributed by atoms with Crippen LogP contribution in [0.2, 0.25) is 0 Å². The fraction of sp³-hybridized carbons (Fsp3) is 0.500. The van der Waals surface area contributed by atoms with Crippen LogP contribution in [-0.2, 0) is 24.3 Å². The topological polar surface area (TPSA) is 102 Å². The van der Waals surface area contributed by atoms with E-state index >= 15 is 0 Å². The zero-order valence-corrected chi connectivity index (χ0v) is 14.7. The third kappa shape index (κ3) is 5.04. The van der Waals surface area contributed by atoms with Crippen LogP contribution in [0.15, 0.2) is 29.2 Å². The van der Waals surface area contributed by atoms with Crippen molar-refractivity contribution >= 4 is 27.6 Å². The molecular weight excluding hydrogens is 332 g/mol. The summed E-state index contributed by atoms with van der Waals surface area (Å²) in [6, 6.07) is 5.57. The molecule has 1 aromatic carbocycles. The number of ether oxygens (including phenoxy) is 1. The van der Waals surface area contributed by atoms with Gasteiger partial charge in [-0.2, -0.15) is 0 Å². The highest BCUT2D eigenvalue weighted by atomic mass is 32.2. The Morgan fingerprint density at radius 3 is 2.21 bits per heavy atom. The molecule has 0 radical (unpaired) electrons. The first kappa shape index (κ1) is 18.4. The Morgan fingerprint density at radius 2 is 1.71 bits per heavy atom. The first-order chi connectivity index (χ1) is 11.2. The van der Waals surface area contributed by atoms with E-state index in [1.165, 1.54) is 31.2 Å². The van der Waals surface area contributed by atoms with E-state index in [2.05, 4.69) is 10.0 Å². The first-order valence-corrected chi connectivity index (χ1v) is 9.31. The van der Waals surface area contributed by atoms with E-state index in [0.29, 0.717) is 5.69 Å². The Labute approximate surface area is 141 Å². The summed E-state index contributed by atoms with van der Waals surface area (Å²) >= 11 is 0. The van der Waals surface area contributed by atoms with Gasteiger partial charge < -0.3 is 10.1 Å². The molecule has 7 nitrogen and oxygen atoms in total. The molecule has 2 N–H and O–H groups in total. The minimum atomic E-state index is -3.57. The first-order valence-electron chi connectivity index (χ1n) is 7.83. The van der Waals surface area contributed by atoms with Gasteiger partial charge in [0.25, 0.3) is 5.91 Å². The predicted octanol–water partition coefficient (Wildman–Crippen LogP) is 1.65. The summed E-state index contributed by atoms with van der Waals surface area (Å²) in [5, 5.41) is 2.59. The van der Waals surface area contributed by atoms with Gasteiger partial charge in [0.15, 0.2) is 6.10 Å². The molecule has 0 unspecified atom stereocenters. The van der Waals surface area contributed by atoms with Gasteiger partial charge in [0.1, 0.15) is 0 Å². The summed E-state index contributed by atoms with van der Waals surface area (Å²) in [5.41, 5.74) is 0.429. The number of carbonyl (C=O) groups is 2. The number of nitrogens with one attached hydrogen (secondary N) is 2. The molecule has 1 fully saturated rings.